The number of esters is 1. The first-order valence-electron chi connectivity index (χ1n) is 8.59. The molecule has 0 aliphatic rings. The maximum absolute atomic E-state index is 13.4. The zero-order valence-corrected chi connectivity index (χ0v) is 15.5. The van der Waals surface area contributed by atoms with Crippen molar-refractivity contribution in [3.63, 3.8) is 0 Å². The molecule has 0 unspecified atom stereocenters. The Kier molecular flexibility index (Phi) is 5.48. The molecule has 11 heteroatoms. The zero-order valence-electron chi connectivity index (χ0n) is 15.5. The first kappa shape index (κ1) is 19.9. The third-order valence-electron chi connectivity index (χ3n) is 4.11. The lowest BCUT2D eigenvalue weighted by Gasteiger charge is -2.13. The molecule has 10 nitrogen and oxygen atoms in total. The summed E-state index contributed by atoms with van der Waals surface area (Å²) in [6.07, 6.45) is -1.20. The van der Waals surface area contributed by atoms with Gasteiger partial charge < -0.3 is 10.1 Å². The molecule has 1 atom stereocenters. The van der Waals surface area contributed by atoms with Crippen molar-refractivity contribution in [2.24, 2.45) is 0 Å². The van der Waals surface area contributed by atoms with Gasteiger partial charge in [0.25, 0.3) is 5.91 Å². The highest BCUT2D eigenvalue weighted by Gasteiger charge is 2.21. The third-order valence-corrected chi connectivity index (χ3v) is 4.11. The van der Waals surface area contributed by atoms with Crippen LogP contribution in [0.3, 0.4) is 0 Å². The summed E-state index contributed by atoms with van der Waals surface area (Å²) in [7, 11) is 0. The average molecular weight is 401 g/mol. The summed E-state index contributed by atoms with van der Waals surface area (Å²) >= 11 is 0. The van der Waals surface area contributed by atoms with Crippen LogP contribution in [0.5, 0.6) is 0 Å². The van der Waals surface area contributed by atoms with Crippen LogP contribution in [0, 0.1) is 15.9 Å². The number of carbonyl (C=O) groups excluding carboxylic acids is 2. The fraction of sp³-hybridized carbons (Fsp3) is 0.222. The van der Waals surface area contributed by atoms with E-state index in [9.17, 15) is 24.1 Å². The van der Waals surface area contributed by atoms with Crippen LogP contribution in [0.1, 0.15) is 24.2 Å². The molecule has 1 N–H and O–H groups in total. The molecule has 1 heterocycles. The van der Waals surface area contributed by atoms with Gasteiger partial charge in [-0.2, -0.15) is 4.39 Å². The fourth-order valence-corrected chi connectivity index (χ4v) is 2.59. The van der Waals surface area contributed by atoms with E-state index in [1.54, 1.807) is 10.7 Å². The predicted molar refractivity (Wildman–Crippen MR) is 99.8 cm³/mol. The number of anilines is 1. The van der Waals surface area contributed by atoms with Crippen molar-refractivity contribution in [3.05, 3.63) is 57.9 Å². The van der Waals surface area contributed by atoms with E-state index in [-0.39, 0.29) is 11.3 Å². The van der Waals surface area contributed by atoms with Crippen LogP contribution in [-0.4, -0.2) is 37.9 Å². The summed E-state index contributed by atoms with van der Waals surface area (Å²) in [6.45, 7) is 3.88. The average Bonchev–Trinajstić information content (AvgIpc) is 3.11. The minimum atomic E-state index is -1.20. The van der Waals surface area contributed by atoms with Crippen molar-refractivity contribution in [1.82, 2.24) is 15.0 Å². The molecule has 1 amide bonds. The second kappa shape index (κ2) is 8.00. The van der Waals surface area contributed by atoms with Crippen LogP contribution >= 0.6 is 0 Å². The summed E-state index contributed by atoms with van der Waals surface area (Å²) in [5.41, 5.74) is 0.687. The standard InChI is InChI=1S/C18H16FN5O5/c1-3-23-15-7-4-11(8-14(15)21-22-23)18(26)29-10(2)17(25)20-12-5-6-13(19)16(9-12)24(27)28/h4-10H,3H2,1-2H3,(H,20,25)/t10-/m1/s1. The first-order valence-corrected chi connectivity index (χ1v) is 8.59. The molecule has 150 valence electrons. The highest BCUT2D eigenvalue weighted by molar-refractivity contribution is 5.98. The van der Waals surface area contributed by atoms with Gasteiger partial charge in [0.1, 0.15) is 5.52 Å². The molecule has 0 saturated carbocycles. The number of hydrogen-bond donors (Lipinski definition) is 1. The molecule has 0 radical (unpaired) electrons. The van der Waals surface area contributed by atoms with E-state index < -0.39 is 34.4 Å². The Labute approximate surface area is 163 Å². The summed E-state index contributed by atoms with van der Waals surface area (Å²) in [6, 6.07) is 7.63. The fourth-order valence-electron chi connectivity index (χ4n) is 2.59. The normalized spacial score (nSPS) is 11.8. The lowest BCUT2D eigenvalue weighted by Crippen LogP contribution is -2.30. The van der Waals surface area contributed by atoms with Crippen molar-refractivity contribution in [3.8, 4) is 0 Å². The molecule has 0 bridgehead atoms. The highest BCUT2D eigenvalue weighted by Crippen LogP contribution is 2.22. The minimum Gasteiger partial charge on any atom is -0.449 e. The Morgan fingerprint density at radius 1 is 1.31 bits per heavy atom. The Bertz CT molecular complexity index is 1110. The van der Waals surface area contributed by atoms with E-state index in [1.165, 1.54) is 25.1 Å². The number of nitrogens with zero attached hydrogens (tertiary/aromatic N) is 4. The molecule has 0 aliphatic carbocycles. The lowest BCUT2D eigenvalue weighted by molar-refractivity contribution is -0.387. The number of amides is 1. The number of nitro groups is 1. The number of hydrogen-bond acceptors (Lipinski definition) is 7. The van der Waals surface area contributed by atoms with Crippen LogP contribution in [0.2, 0.25) is 0 Å². The van der Waals surface area contributed by atoms with Gasteiger partial charge >= 0.3 is 11.7 Å². The van der Waals surface area contributed by atoms with Crippen LogP contribution in [0.15, 0.2) is 36.4 Å². The topological polar surface area (TPSA) is 129 Å². The predicted octanol–water partition coefficient (Wildman–Crippen LogP) is 2.68. The molecule has 0 fully saturated rings. The number of ether oxygens (including phenoxy) is 1. The van der Waals surface area contributed by atoms with Gasteiger partial charge in [0, 0.05) is 18.3 Å². The maximum atomic E-state index is 13.4. The van der Waals surface area contributed by atoms with E-state index in [2.05, 4.69) is 15.6 Å². The van der Waals surface area contributed by atoms with Crippen molar-refractivity contribution in [2.45, 2.75) is 26.5 Å². The third kappa shape index (κ3) is 4.18. The minimum absolute atomic E-state index is 0.00333. The largest absolute Gasteiger partial charge is 0.449 e. The van der Waals surface area contributed by atoms with E-state index in [0.29, 0.717) is 12.1 Å². The van der Waals surface area contributed by atoms with E-state index >= 15 is 0 Å². The molecule has 3 rings (SSSR count). The van der Waals surface area contributed by atoms with Gasteiger partial charge in [-0.1, -0.05) is 5.21 Å². The van der Waals surface area contributed by atoms with Crippen molar-refractivity contribution >= 4 is 34.3 Å². The van der Waals surface area contributed by atoms with Gasteiger partial charge in [-0.15, -0.1) is 5.10 Å². The van der Waals surface area contributed by atoms with Gasteiger partial charge in [-0.3, -0.25) is 14.9 Å². The van der Waals surface area contributed by atoms with Gasteiger partial charge in [0.05, 0.1) is 16.0 Å². The van der Waals surface area contributed by atoms with Crippen LogP contribution in [0.4, 0.5) is 15.8 Å². The molecule has 2 aromatic carbocycles. The molecule has 1 aromatic heterocycles. The van der Waals surface area contributed by atoms with Crippen LogP contribution in [-0.2, 0) is 16.1 Å². The Morgan fingerprint density at radius 3 is 2.76 bits per heavy atom. The van der Waals surface area contributed by atoms with Crippen LogP contribution < -0.4 is 5.32 Å². The molecular weight excluding hydrogens is 385 g/mol. The van der Waals surface area contributed by atoms with Gasteiger partial charge in [-0.05, 0) is 44.2 Å². The number of nitro benzene ring substituents is 1. The summed E-state index contributed by atoms with van der Waals surface area (Å²) < 4.78 is 20.2. The molecule has 0 spiro atoms. The molecular formula is C18H16FN5O5. The number of fused-ring (bicyclic) bond motifs is 1. The molecule has 0 saturated heterocycles. The summed E-state index contributed by atoms with van der Waals surface area (Å²) in [5, 5.41) is 21.1. The molecule has 3 aromatic rings. The quantitative estimate of drug-likeness (QED) is 0.382. The van der Waals surface area contributed by atoms with Crippen LogP contribution in [0.25, 0.3) is 11.0 Å². The molecule has 29 heavy (non-hydrogen) atoms. The van der Waals surface area contributed by atoms with Crippen molar-refractivity contribution in [1.29, 1.82) is 0 Å². The van der Waals surface area contributed by atoms with Crippen molar-refractivity contribution in [2.75, 3.05) is 5.32 Å². The second-order valence-electron chi connectivity index (χ2n) is 6.07. The smallest absolute Gasteiger partial charge is 0.338 e. The Morgan fingerprint density at radius 2 is 2.07 bits per heavy atom. The molecule has 0 aliphatic heterocycles. The zero-order chi connectivity index (χ0) is 21.1. The number of rotatable bonds is 6. The highest BCUT2D eigenvalue weighted by atomic mass is 19.1. The number of aryl methyl sites for hydroxylation is 1. The Balaban J connectivity index is 1.68. The van der Waals surface area contributed by atoms with Gasteiger partial charge in [-0.25, -0.2) is 9.48 Å². The van der Waals surface area contributed by atoms with E-state index in [0.717, 1.165) is 17.6 Å². The maximum Gasteiger partial charge on any atom is 0.338 e. The number of nitrogens with one attached hydrogen (secondary N) is 1. The van der Waals surface area contributed by atoms with E-state index in [4.69, 9.17) is 4.74 Å². The lowest BCUT2D eigenvalue weighted by atomic mass is 10.2. The first-order chi connectivity index (χ1) is 13.8. The SMILES string of the molecule is CCn1nnc2cc(C(=O)O[C@H](C)C(=O)Nc3ccc(F)c([N+](=O)[O-])c3)ccc21. The van der Waals surface area contributed by atoms with Gasteiger partial charge in [0.15, 0.2) is 6.10 Å². The summed E-state index contributed by atoms with van der Waals surface area (Å²) in [4.78, 5) is 34.4. The number of aromatic nitrogens is 3. The number of halogens is 1. The Hall–Kier alpha value is -3.89. The monoisotopic (exact) mass is 401 g/mol. The second-order valence-corrected chi connectivity index (χ2v) is 6.07. The van der Waals surface area contributed by atoms with Crippen molar-refractivity contribution < 1.29 is 23.6 Å². The summed E-state index contributed by atoms with van der Waals surface area (Å²) in [5.74, 6) is -2.49. The van der Waals surface area contributed by atoms with E-state index in [1.807, 2.05) is 6.92 Å². The van der Waals surface area contributed by atoms with Gasteiger partial charge in [0.2, 0.25) is 5.82 Å². The number of benzene rings is 2. The number of carbonyl (C=O) groups is 2.